The molecule has 0 aromatic rings. The average Bonchev–Trinajstić information content (AvgIpc) is 2.74. The van der Waals surface area contributed by atoms with E-state index >= 15 is 0 Å². The zero-order valence-electron chi connectivity index (χ0n) is 12.3. The number of hydrogen-bond donors (Lipinski definition) is 3. The minimum Gasteiger partial charge on any atom is -0.380 e. The fourth-order valence-corrected chi connectivity index (χ4v) is 2.50. The summed E-state index contributed by atoms with van der Waals surface area (Å²) in [5.74, 6) is -2.02. The summed E-state index contributed by atoms with van der Waals surface area (Å²) in [6.45, 7) is 1.19. The molecule has 4 N–H and O–H groups in total. The number of unbranched alkanes of at least 4 members (excludes halogenated alkanes) is 2. The van der Waals surface area contributed by atoms with E-state index < -0.39 is 23.8 Å². The Bertz CT molecular complexity index is 529. The van der Waals surface area contributed by atoms with Crippen LogP contribution in [0.5, 0.6) is 0 Å². The highest BCUT2D eigenvalue weighted by molar-refractivity contribution is 6.18. The summed E-state index contributed by atoms with van der Waals surface area (Å²) < 4.78 is 0. The second-order valence-electron chi connectivity index (χ2n) is 5.31. The van der Waals surface area contributed by atoms with Crippen LogP contribution in [0.15, 0.2) is 11.8 Å². The molecule has 0 radical (unpaired) electrons. The van der Waals surface area contributed by atoms with E-state index in [4.69, 9.17) is 5.73 Å². The topological polar surface area (TPSA) is 122 Å². The molecule has 2 aliphatic heterocycles. The van der Waals surface area contributed by atoms with Crippen molar-refractivity contribution in [2.24, 2.45) is 5.73 Å². The van der Waals surface area contributed by atoms with Crippen LogP contribution in [0.1, 0.15) is 32.1 Å². The van der Waals surface area contributed by atoms with E-state index in [9.17, 15) is 19.2 Å². The van der Waals surface area contributed by atoms with Gasteiger partial charge in [0.05, 0.1) is 0 Å². The van der Waals surface area contributed by atoms with Crippen LogP contribution in [0.3, 0.4) is 0 Å². The number of rotatable bonds is 7. The van der Waals surface area contributed by atoms with Crippen LogP contribution in [0.2, 0.25) is 0 Å². The lowest BCUT2D eigenvalue weighted by atomic mass is 10.0. The highest BCUT2D eigenvalue weighted by Crippen LogP contribution is 2.20. The van der Waals surface area contributed by atoms with Gasteiger partial charge in [0, 0.05) is 19.0 Å². The average molecular weight is 308 g/mol. The molecule has 0 bridgehead atoms. The third-order valence-corrected chi connectivity index (χ3v) is 3.67. The lowest BCUT2D eigenvalue weighted by molar-refractivity contribution is -0.149. The molecule has 120 valence electrons. The Morgan fingerprint density at radius 2 is 2.00 bits per heavy atom. The van der Waals surface area contributed by atoms with Crippen molar-refractivity contribution in [1.29, 1.82) is 0 Å². The van der Waals surface area contributed by atoms with Crippen LogP contribution in [-0.4, -0.2) is 47.7 Å². The fraction of sp³-hybridized carbons (Fsp3) is 0.571. The van der Waals surface area contributed by atoms with Crippen molar-refractivity contribution in [3.63, 3.8) is 0 Å². The molecule has 1 atom stereocenters. The summed E-state index contributed by atoms with van der Waals surface area (Å²) in [4.78, 5) is 48.1. The van der Waals surface area contributed by atoms with E-state index in [0.29, 0.717) is 13.1 Å². The van der Waals surface area contributed by atoms with Crippen LogP contribution >= 0.6 is 0 Å². The summed E-state index contributed by atoms with van der Waals surface area (Å²) in [5, 5.41) is 5.07. The summed E-state index contributed by atoms with van der Waals surface area (Å²) >= 11 is 0. The number of nitrogens with two attached hydrogens (primary N) is 1. The third kappa shape index (κ3) is 3.51. The Morgan fingerprint density at radius 3 is 2.68 bits per heavy atom. The van der Waals surface area contributed by atoms with E-state index in [1.807, 2.05) is 0 Å². The first-order chi connectivity index (χ1) is 10.5. The summed E-state index contributed by atoms with van der Waals surface area (Å²) in [6.07, 6.45) is 4.18. The maximum atomic E-state index is 12.3. The summed E-state index contributed by atoms with van der Waals surface area (Å²) in [7, 11) is 0. The highest BCUT2D eigenvalue weighted by Gasteiger charge is 2.42. The van der Waals surface area contributed by atoms with Gasteiger partial charge in [0.15, 0.2) is 0 Å². The van der Waals surface area contributed by atoms with E-state index in [1.165, 1.54) is 6.08 Å². The number of piperidine rings is 1. The zero-order valence-corrected chi connectivity index (χ0v) is 12.3. The number of imide groups is 2. The molecule has 2 rings (SSSR count). The Kier molecular flexibility index (Phi) is 5.26. The van der Waals surface area contributed by atoms with E-state index in [1.54, 1.807) is 0 Å². The standard InChI is InChI=1S/C14H20N4O4/c15-6-2-1-3-7-16-9-8-12(20)18(14(9)22)10-4-5-11(19)17-13(10)21/h8,10,16H,1-7,15H2,(H,17,19,21). The van der Waals surface area contributed by atoms with Crippen LogP contribution in [0.4, 0.5) is 0 Å². The van der Waals surface area contributed by atoms with Crippen molar-refractivity contribution in [3.05, 3.63) is 11.8 Å². The number of nitrogens with zero attached hydrogens (tertiary/aromatic N) is 1. The zero-order chi connectivity index (χ0) is 16.1. The predicted molar refractivity (Wildman–Crippen MR) is 77.0 cm³/mol. The number of carbonyl (C=O) groups excluding carboxylic acids is 4. The monoisotopic (exact) mass is 308 g/mol. The van der Waals surface area contributed by atoms with Gasteiger partial charge in [-0.1, -0.05) is 6.42 Å². The van der Waals surface area contributed by atoms with Crippen molar-refractivity contribution in [3.8, 4) is 0 Å². The van der Waals surface area contributed by atoms with Crippen molar-refractivity contribution < 1.29 is 19.2 Å². The molecule has 0 saturated carbocycles. The lowest BCUT2D eigenvalue weighted by Gasteiger charge is -2.28. The number of nitrogens with one attached hydrogen (secondary N) is 2. The Morgan fingerprint density at radius 1 is 1.23 bits per heavy atom. The lowest BCUT2D eigenvalue weighted by Crippen LogP contribution is -2.54. The van der Waals surface area contributed by atoms with Crippen LogP contribution < -0.4 is 16.4 Å². The first-order valence-electron chi connectivity index (χ1n) is 7.41. The van der Waals surface area contributed by atoms with Gasteiger partial charge >= 0.3 is 0 Å². The van der Waals surface area contributed by atoms with Crippen molar-refractivity contribution in [1.82, 2.24) is 15.5 Å². The quantitative estimate of drug-likeness (QED) is 0.399. The second kappa shape index (κ2) is 7.17. The molecular weight excluding hydrogens is 288 g/mol. The molecule has 0 spiro atoms. The first-order valence-corrected chi connectivity index (χ1v) is 7.41. The number of carbonyl (C=O) groups is 4. The molecule has 1 fully saturated rings. The van der Waals surface area contributed by atoms with E-state index in [2.05, 4.69) is 10.6 Å². The van der Waals surface area contributed by atoms with Gasteiger partial charge in [0.2, 0.25) is 11.8 Å². The number of amides is 4. The van der Waals surface area contributed by atoms with Gasteiger partial charge in [-0.05, 0) is 25.8 Å². The molecule has 2 aliphatic rings. The maximum absolute atomic E-state index is 12.3. The van der Waals surface area contributed by atoms with Gasteiger partial charge in [-0.2, -0.15) is 0 Å². The van der Waals surface area contributed by atoms with Gasteiger partial charge in [0.1, 0.15) is 11.7 Å². The highest BCUT2D eigenvalue weighted by atomic mass is 16.2. The second-order valence-corrected chi connectivity index (χ2v) is 5.31. The molecule has 2 heterocycles. The molecule has 0 aromatic heterocycles. The van der Waals surface area contributed by atoms with Gasteiger partial charge in [-0.3, -0.25) is 29.4 Å². The maximum Gasteiger partial charge on any atom is 0.277 e. The van der Waals surface area contributed by atoms with Crippen molar-refractivity contribution >= 4 is 23.6 Å². The fourth-order valence-electron chi connectivity index (χ4n) is 2.50. The molecule has 8 nitrogen and oxygen atoms in total. The largest absolute Gasteiger partial charge is 0.380 e. The van der Waals surface area contributed by atoms with Crippen LogP contribution in [0, 0.1) is 0 Å². The Labute approximate surface area is 128 Å². The molecular formula is C14H20N4O4. The first kappa shape index (κ1) is 16.2. The van der Waals surface area contributed by atoms with Gasteiger partial charge in [-0.25, -0.2) is 0 Å². The number of hydrogen-bond acceptors (Lipinski definition) is 6. The molecule has 4 amide bonds. The van der Waals surface area contributed by atoms with Gasteiger partial charge in [0.25, 0.3) is 11.8 Å². The SMILES string of the molecule is NCCCCCNC1=CC(=O)N(C2CCC(=O)NC2=O)C1=O. The molecule has 8 heteroatoms. The summed E-state index contributed by atoms with van der Waals surface area (Å²) in [5.41, 5.74) is 5.59. The predicted octanol–water partition coefficient (Wildman–Crippen LogP) is -1.24. The van der Waals surface area contributed by atoms with Crippen LogP contribution in [0.25, 0.3) is 0 Å². The Balaban J connectivity index is 1.91. The molecule has 1 unspecified atom stereocenters. The normalized spacial score (nSPS) is 22.0. The van der Waals surface area contributed by atoms with E-state index in [-0.39, 0.29) is 24.4 Å². The summed E-state index contributed by atoms with van der Waals surface area (Å²) in [6, 6.07) is -0.912. The third-order valence-electron chi connectivity index (χ3n) is 3.67. The molecule has 22 heavy (non-hydrogen) atoms. The molecule has 1 saturated heterocycles. The van der Waals surface area contributed by atoms with E-state index in [0.717, 1.165) is 24.2 Å². The van der Waals surface area contributed by atoms with Crippen LogP contribution in [-0.2, 0) is 19.2 Å². The van der Waals surface area contributed by atoms with Crippen molar-refractivity contribution in [2.45, 2.75) is 38.1 Å². The van der Waals surface area contributed by atoms with Gasteiger partial charge < -0.3 is 11.1 Å². The molecule has 0 aliphatic carbocycles. The van der Waals surface area contributed by atoms with Gasteiger partial charge in [-0.15, -0.1) is 0 Å². The minimum absolute atomic E-state index is 0.120. The minimum atomic E-state index is -0.912. The molecule has 0 aromatic carbocycles. The Hall–Kier alpha value is -2.22. The smallest absolute Gasteiger partial charge is 0.277 e. The van der Waals surface area contributed by atoms with Crippen molar-refractivity contribution in [2.75, 3.05) is 13.1 Å².